The second-order valence-electron chi connectivity index (χ2n) is 5.01. The number of hydrogen-bond acceptors (Lipinski definition) is 4. The van der Waals surface area contributed by atoms with Crippen molar-refractivity contribution in [2.75, 3.05) is 26.2 Å². The van der Waals surface area contributed by atoms with Gasteiger partial charge in [-0.3, -0.25) is 14.5 Å². The van der Waals surface area contributed by atoms with Crippen LogP contribution in [-0.2, 0) is 9.59 Å². The molecule has 1 aliphatic rings. The van der Waals surface area contributed by atoms with Crippen LogP contribution in [0.5, 0.6) is 0 Å². The van der Waals surface area contributed by atoms with Crippen LogP contribution in [0.15, 0.2) is 0 Å². The summed E-state index contributed by atoms with van der Waals surface area (Å²) in [5.41, 5.74) is -0.635. The van der Waals surface area contributed by atoms with Crippen molar-refractivity contribution in [3.8, 4) is 12.3 Å². The first-order valence-corrected chi connectivity index (χ1v) is 6.94. The first kappa shape index (κ1) is 16.5. The lowest BCUT2D eigenvalue weighted by Gasteiger charge is -2.34. The molecule has 0 bridgehead atoms. The van der Waals surface area contributed by atoms with Crippen LogP contribution in [0.1, 0.15) is 26.7 Å². The maximum Gasteiger partial charge on any atom is 0.322 e. The van der Waals surface area contributed by atoms with Gasteiger partial charge in [-0.25, -0.2) is 0 Å². The second kappa shape index (κ2) is 7.27. The van der Waals surface area contributed by atoms with Crippen LogP contribution in [0.25, 0.3) is 0 Å². The third-order valence-corrected chi connectivity index (χ3v) is 3.85. The van der Waals surface area contributed by atoms with Crippen LogP contribution in [0.3, 0.4) is 0 Å². The molecule has 1 saturated heterocycles. The Labute approximate surface area is 119 Å². The molecule has 1 aliphatic heterocycles. The van der Waals surface area contributed by atoms with Crippen molar-refractivity contribution in [1.29, 1.82) is 0 Å². The molecule has 0 aromatic heterocycles. The summed E-state index contributed by atoms with van der Waals surface area (Å²) in [5.74, 6) is 1.50. The Hall–Kier alpha value is -1.58. The Morgan fingerprint density at radius 1 is 1.50 bits per heavy atom. The number of nitrogens with one attached hydrogen (secondary N) is 2. The van der Waals surface area contributed by atoms with Crippen LogP contribution in [-0.4, -0.2) is 59.6 Å². The third kappa shape index (κ3) is 3.95. The first-order valence-electron chi connectivity index (χ1n) is 6.94. The van der Waals surface area contributed by atoms with Gasteiger partial charge in [-0.15, -0.1) is 6.42 Å². The number of rotatable bonds is 6. The van der Waals surface area contributed by atoms with E-state index in [4.69, 9.17) is 11.5 Å². The molecular formula is C14H23N3O3. The molecule has 1 rings (SSSR count). The van der Waals surface area contributed by atoms with E-state index in [1.54, 1.807) is 4.90 Å². The highest BCUT2D eigenvalue weighted by Gasteiger charge is 2.31. The molecule has 1 atom stereocenters. The number of amides is 1. The van der Waals surface area contributed by atoms with Gasteiger partial charge in [-0.1, -0.05) is 19.8 Å². The normalized spacial score (nSPS) is 20.1. The van der Waals surface area contributed by atoms with Crippen molar-refractivity contribution in [2.45, 2.75) is 38.3 Å². The number of carboxylic acids is 1. The molecule has 0 aliphatic carbocycles. The van der Waals surface area contributed by atoms with Crippen molar-refractivity contribution in [2.24, 2.45) is 0 Å². The third-order valence-electron chi connectivity index (χ3n) is 3.85. The predicted molar refractivity (Wildman–Crippen MR) is 76.2 cm³/mol. The minimum absolute atomic E-state index is 0.0576. The van der Waals surface area contributed by atoms with Crippen LogP contribution < -0.4 is 10.6 Å². The van der Waals surface area contributed by atoms with E-state index < -0.39 is 17.6 Å². The van der Waals surface area contributed by atoms with Crippen LogP contribution in [0, 0.1) is 12.3 Å². The van der Waals surface area contributed by atoms with E-state index >= 15 is 0 Å². The Balaban J connectivity index is 2.65. The monoisotopic (exact) mass is 281 g/mol. The van der Waals surface area contributed by atoms with Gasteiger partial charge in [0.2, 0.25) is 5.91 Å². The zero-order chi connectivity index (χ0) is 15.2. The van der Waals surface area contributed by atoms with Gasteiger partial charge in [0.1, 0.15) is 11.6 Å². The molecule has 1 amide bonds. The van der Waals surface area contributed by atoms with Gasteiger partial charge in [0.05, 0.1) is 6.54 Å². The molecule has 0 aromatic rings. The summed E-state index contributed by atoms with van der Waals surface area (Å²) in [5, 5.41) is 15.0. The highest BCUT2D eigenvalue weighted by atomic mass is 16.4. The van der Waals surface area contributed by atoms with Gasteiger partial charge in [0, 0.05) is 19.6 Å². The number of carboxylic acid groups (broad SMARTS) is 1. The molecular weight excluding hydrogens is 258 g/mol. The van der Waals surface area contributed by atoms with E-state index in [1.807, 2.05) is 13.8 Å². The summed E-state index contributed by atoms with van der Waals surface area (Å²) in [6.07, 6.45) is 6.80. The topological polar surface area (TPSA) is 81.7 Å². The standard InChI is InChI=1S/C14H23N3O3/c1-4-14(5-2,6-3)16-12(18)10-17-8-7-15-9-11(17)13(19)20/h1,11,15H,5-10H2,2-3H3,(H,16,18)(H,19,20). The van der Waals surface area contributed by atoms with E-state index in [-0.39, 0.29) is 12.5 Å². The van der Waals surface area contributed by atoms with Gasteiger partial charge >= 0.3 is 5.97 Å². The number of aliphatic carboxylic acids is 1. The number of piperazine rings is 1. The van der Waals surface area contributed by atoms with Crippen LogP contribution in [0.4, 0.5) is 0 Å². The fourth-order valence-electron chi connectivity index (χ4n) is 2.34. The minimum atomic E-state index is -0.917. The van der Waals surface area contributed by atoms with E-state index in [2.05, 4.69) is 16.6 Å². The van der Waals surface area contributed by atoms with Gasteiger partial charge in [0.15, 0.2) is 0 Å². The molecule has 0 aromatic carbocycles. The molecule has 1 heterocycles. The number of terminal acetylenes is 1. The molecule has 20 heavy (non-hydrogen) atoms. The summed E-state index contributed by atoms with van der Waals surface area (Å²) in [6, 6.07) is -0.669. The summed E-state index contributed by atoms with van der Waals surface area (Å²) >= 11 is 0. The molecule has 0 radical (unpaired) electrons. The van der Waals surface area contributed by atoms with Crippen LogP contribution in [0.2, 0.25) is 0 Å². The van der Waals surface area contributed by atoms with Gasteiger partial charge < -0.3 is 15.7 Å². The first-order chi connectivity index (χ1) is 9.48. The predicted octanol–water partition coefficient (Wildman–Crippen LogP) is -0.347. The van der Waals surface area contributed by atoms with E-state index in [1.165, 1.54) is 0 Å². The molecule has 6 nitrogen and oxygen atoms in total. The molecule has 3 N–H and O–H groups in total. The fraction of sp³-hybridized carbons (Fsp3) is 0.714. The molecule has 1 fully saturated rings. The minimum Gasteiger partial charge on any atom is -0.480 e. The SMILES string of the molecule is C#CC(CC)(CC)NC(=O)CN1CCNCC1C(=O)O. The van der Waals surface area contributed by atoms with Gasteiger partial charge in [0.25, 0.3) is 0 Å². The Morgan fingerprint density at radius 3 is 2.65 bits per heavy atom. The fourth-order valence-corrected chi connectivity index (χ4v) is 2.34. The van der Waals surface area contributed by atoms with E-state index in [0.29, 0.717) is 32.5 Å². The lowest BCUT2D eigenvalue weighted by molar-refractivity contribution is -0.144. The number of hydrogen-bond donors (Lipinski definition) is 3. The average molecular weight is 281 g/mol. The Bertz CT molecular complexity index is 399. The highest BCUT2D eigenvalue weighted by Crippen LogP contribution is 2.13. The largest absolute Gasteiger partial charge is 0.480 e. The van der Waals surface area contributed by atoms with Crippen molar-refractivity contribution < 1.29 is 14.7 Å². The molecule has 0 saturated carbocycles. The summed E-state index contributed by atoms with van der Waals surface area (Å²) < 4.78 is 0. The summed E-state index contributed by atoms with van der Waals surface area (Å²) in [6.45, 7) is 5.47. The molecule has 6 heteroatoms. The highest BCUT2D eigenvalue weighted by molar-refractivity contribution is 5.81. The quantitative estimate of drug-likeness (QED) is 0.580. The second-order valence-corrected chi connectivity index (χ2v) is 5.01. The maximum atomic E-state index is 12.1. The number of carbonyl (C=O) groups excluding carboxylic acids is 1. The maximum absolute atomic E-state index is 12.1. The lowest BCUT2D eigenvalue weighted by Crippen LogP contribution is -2.58. The average Bonchev–Trinajstić information content (AvgIpc) is 2.45. The van der Waals surface area contributed by atoms with Crippen LogP contribution >= 0.6 is 0 Å². The molecule has 0 spiro atoms. The van der Waals surface area contributed by atoms with E-state index in [9.17, 15) is 9.59 Å². The van der Waals surface area contributed by atoms with Gasteiger partial charge in [-0.05, 0) is 12.8 Å². The molecule has 1 unspecified atom stereocenters. The van der Waals surface area contributed by atoms with Crippen molar-refractivity contribution in [3.05, 3.63) is 0 Å². The lowest BCUT2D eigenvalue weighted by atomic mass is 9.94. The Kier molecular flexibility index (Phi) is 5.99. The molecule has 112 valence electrons. The smallest absolute Gasteiger partial charge is 0.322 e. The number of carbonyl (C=O) groups is 2. The number of nitrogens with zero attached hydrogens (tertiary/aromatic N) is 1. The summed E-state index contributed by atoms with van der Waals surface area (Å²) in [7, 11) is 0. The van der Waals surface area contributed by atoms with E-state index in [0.717, 1.165) is 0 Å². The Morgan fingerprint density at radius 2 is 2.15 bits per heavy atom. The zero-order valence-corrected chi connectivity index (χ0v) is 12.1. The van der Waals surface area contributed by atoms with Crippen molar-refractivity contribution >= 4 is 11.9 Å². The summed E-state index contributed by atoms with van der Waals surface area (Å²) in [4.78, 5) is 24.9. The van der Waals surface area contributed by atoms with Gasteiger partial charge in [-0.2, -0.15) is 0 Å². The van der Waals surface area contributed by atoms with Crippen molar-refractivity contribution in [3.63, 3.8) is 0 Å². The zero-order valence-electron chi connectivity index (χ0n) is 12.1. The van der Waals surface area contributed by atoms with Crippen molar-refractivity contribution in [1.82, 2.24) is 15.5 Å².